The summed E-state index contributed by atoms with van der Waals surface area (Å²) in [4.78, 5) is 0. The number of benzene rings is 1. The SMILES string of the molecule is COc1ccc(C)cc1-n1c(CCl)nnc1C1CC1. The van der Waals surface area contributed by atoms with Gasteiger partial charge in [0.15, 0.2) is 5.82 Å². The van der Waals surface area contributed by atoms with Crippen LogP contribution in [0.4, 0.5) is 0 Å². The maximum absolute atomic E-state index is 5.99. The van der Waals surface area contributed by atoms with E-state index in [9.17, 15) is 0 Å². The predicted molar refractivity (Wildman–Crippen MR) is 74.2 cm³/mol. The lowest BCUT2D eigenvalue weighted by Crippen LogP contribution is -2.06. The Bertz CT molecular complexity index is 605. The molecule has 4 nitrogen and oxygen atoms in total. The molecule has 2 aromatic rings. The van der Waals surface area contributed by atoms with Crippen molar-refractivity contribution in [2.24, 2.45) is 0 Å². The highest BCUT2D eigenvalue weighted by atomic mass is 35.5. The smallest absolute Gasteiger partial charge is 0.152 e. The van der Waals surface area contributed by atoms with Crippen molar-refractivity contribution in [3.8, 4) is 11.4 Å². The van der Waals surface area contributed by atoms with Crippen molar-refractivity contribution >= 4 is 11.6 Å². The summed E-state index contributed by atoms with van der Waals surface area (Å²) in [5.74, 6) is 3.44. The second kappa shape index (κ2) is 4.85. The molecule has 5 heteroatoms. The Labute approximate surface area is 117 Å². The lowest BCUT2D eigenvalue weighted by atomic mass is 10.2. The molecule has 0 atom stereocenters. The number of halogens is 1. The molecule has 1 aliphatic rings. The van der Waals surface area contributed by atoms with Gasteiger partial charge in [-0.2, -0.15) is 0 Å². The first-order valence-electron chi connectivity index (χ1n) is 6.39. The third-order valence-electron chi connectivity index (χ3n) is 3.39. The number of ether oxygens (including phenoxy) is 1. The largest absolute Gasteiger partial charge is 0.495 e. The van der Waals surface area contributed by atoms with Gasteiger partial charge in [0.2, 0.25) is 0 Å². The topological polar surface area (TPSA) is 39.9 Å². The average molecular weight is 278 g/mol. The van der Waals surface area contributed by atoms with E-state index in [1.807, 2.05) is 12.1 Å². The Hall–Kier alpha value is -1.55. The molecule has 0 unspecified atom stereocenters. The van der Waals surface area contributed by atoms with Gasteiger partial charge in [0.25, 0.3) is 0 Å². The first-order chi connectivity index (χ1) is 9.24. The molecule has 19 heavy (non-hydrogen) atoms. The Morgan fingerprint density at radius 3 is 2.79 bits per heavy atom. The Morgan fingerprint density at radius 2 is 2.16 bits per heavy atom. The molecule has 1 fully saturated rings. The van der Waals surface area contributed by atoms with Crippen LogP contribution in [-0.2, 0) is 5.88 Å². The van der Waals surface area contributed by atoms with E-state index >= 15 is 0 Å². The van der Waals surface area contributed by atoms with Crippen molar-refractivity contribution in [2.75, 3.05) is 7.11 Å². The van der Waals surface area contributed by atoms with Crippen LogP contribution < -0.4 is 4.74 Å². The maximum atomic E-state index is 5.99. The highest BCUT2D eigenvalue weighted by molar-refractivity contribution is 6.16. The molecule has 0 spiro atoms. The summed E-state index contributed by atoms with van der Waals surface area (Å²) in [6.07, 6.45) is 2.35. The van der Waals surface area contributed by atoms with Gasteiger partial charge in [0.05, 0.1) is 18.7 Å². The number of aromatic nitrogens is 3. The highest BCUT2D eigenvalue weighted by Gasteiger charge is 2.31. The van der Waals surface area contributed by atoms with Crippen LogP contribution in [0, 0.1) is 6.92 Å². The van der Waals surface area contributed by atoms with E-state index in [0.717, 1.165) is 23.1 Å². The molecule has 1 heterocycles. The molecule has 1 aromatic carbocycles. The Kier molecular flexibility index (Phi) is 3.19. The van der Waals surface area contributed by atoms with Crippen molar-refractivity contribution < 1.29 is 4.74 Å². The molecule has 0 N–H and O–H groups in total. The lowest BCUT2D eigenvalue weighted by molar-refractivity contribution is 0.412. The number of hydrogen-bond donors (Lipinski definition) is 0. The van der Waals surface area contributed by atoms with E-state index in [1.54, 1.807) is 7.11 Å². The number of nitrogens with zero attached hydrogens (tertiary/aromatic N) is 3. The van der Waals surface area contributed by atoms with Crippen molar-refractivity contribution in [2.45, 2.75) is 31.6 Å². The minimum Gasteiger partial charge on any atom is -0.495 e. The number of aryl methyl sites for hydroxylation is 1. The van der Waals surface area contributed by atoms with E-state index in [4.69, 9.17) is 16.3 Å². The average Bonchev–Trinajstić information content (AvgIpc) is 3.18. The molecule has 1 saturated carbocycles. The molecule has 100 valence electrons. The molecule has 0 radical (unpaired) electrons. The predicted octanol–water partition coefficient (Wildman–Crippen LogP) is 3.20. The zero-order valence-electron chi connectivity index (χ0n) is 11.1. The lowest BCUT2D eigenvalue weighted by Gasteiger charge is -2.14. The van der Waals surface area contributed by atoms with E-state index in [2.05, 4.69) is 27.8 Å². The first-order valence-corrected chi connectivity index (χ1v) is 6.93. The van der Waals surface area contributed by atoms with Crippen molar-refractivity contribution in [1.29, 1.82) is 0 Å². The van der Waals surface area contributed by atoms with Crippen LogP contribution in [0.3, 0.4) is 0 Å². The van der Waals surface area contributed by atoms with E-state index in [0.29, 0.717) is 11.8 Å². The minimum absolute atomic E-state index is 0.344. The van der Waals surface area contributed by atoms with Crippen LogP contribution in [0.5, 0.6) is 5.75 Å². The van der Waals surface area contributed by atoms with Crippen molar-refractivity contribution in [3.63, 3.8) is 0 Å². The summed E-state index contributed by atoms with van der Waals surface area (Å²) in [5, 5.41) is 8.51. The quantitative estimate of drug-likeness (QED) is 0.806. The number of methoxy groups -OCH3 is 1. The van der Waals surface area contributed by atoms with Crippen LogP contribution in [0.15, 0.2) is 18.2 Å². The molecule has 0 saturated heterocycles. The fourth-order valence-corrected chi connectivity index (χ4v) is 2.43. The summed E-state index contributed by atoms with van der Waals surface area (Å²) in [6, 6.07) is 6.09. The number of rotatable bonds is 4. The molecule has 0 bridgehead atoms. The first kappa shape index (κ1) is 12.5. The summed E-state index contributed by atoms with van der Waals surface area (Å²) in [6.45, 7) is 2.06. The summed E-state index contributed by atoms with van der Waals surface area (Å²) in [5.41, 5.74) is 2.15. The molecule has 3 rings (SSSR count). The molecular formula is C14H16ClN3O. The molecule has 0 aliphatic heterocycles. The molecular weight excluding hydrogens is 262 g/mol. The maximum Gasteiger partial charge on any atom is 0.152 e. The second-order valence-electron chi connectivity index (χ2n) is 4.89. The third-order valence-corrected chi connectivity index (χ3v) is 3.63. The summed E-state index contributed by atoms with van der Waals surface area (Å²) in [7, 11) is 1.68. The van der Waals surface area contributed by atoms with Gasteiger partial charge in [-0.25, -0.2) is 0 Å². The van der Waals surface area contributed by atoms with Crippen LogP contribution in [0.1, 0.15) is 36.0 Å². The van der Waals surface area contributed by atoms with Gasteiger partial charge in [-0.15, -0.1) is 21.8 Å². The van der Waals surface area contributed by atoms with Gasteiger partial charge in [-0.3, -0.25) is 4.57 Å². The fourth-order valence-electron chi connectivity index (χ4n) is 2.26. The van der Waals surface area contributed by atoms with Gasteiger partial charge in [0.1, 0.15) is 11.6 Å². The van der Waals surface area contributed by atoms with Crippen LogP contribution in [-0.4, -0.2) is 21.9 Å². The second-order valence-corrected chi connectivity index (χ2v) is 5.16. The molecule has 0 amide bonds. The Balaban J connectivity index is 2.19. The van der Waals surface area contributed by atoms with Gasteiger partial charge < -0.3 is 4.74 Å². The van der Waals surface area contributed by atoms with Crippen LogP contribution in [0.25, 0.3) is 5.69 Å². The van der Waals surface area contributed by atoms with Crippen LogP contribution >= 0.6 is 11.6 Å². The number of alkyl halides is 1. The van der Waals surface area contributed by atoms with E-state index in [1.165, 1.54) is 18.4 Å². The summed E-state index contributed by atoms with van der Waals surface area (Å²) >= 11 is 5.99. The van der Waals surface area contributed by atoms with E-state index in [-0.39, 0.29) is 0 Å². The zero-order chi connectivity index (χ0) is 13.4. The normalized spacial score (nSPS) is 14.7. The monoisotopic (exact) mass is 277 g/mol. The minimum atomic E-state index is 0.344. The third kappa shape index (κ3) is 2.21. The van der Waals surface area contributed by atoms with Gasteiger partial charge in [-0.1, -0.05) is 6.07 Å². The van der Waals surface area contributed by atoms with Crippen LogP contribution in [0.2, 0.25) is 0 Å². The fraction of sp³-hybridized carbons (Fsp3) is 0.429. The van der Waals surface area contributed by atoms with Gasteiger partial charge >= 0.3 is 0 Å². The van der Waals surface area contributed by atoms with Crippen molar-refractivity contribution in [1.82, 2.24) is 14.8 Å². The van der Waals surface area contributed by atoms with Gasteiger partial charge in [-0.05, 0) is 37.5 Å². The molecule has 1 aliphatic carbocycles. The van der Waals surface area contributed by atoms with Gasteiger partial charge in [0, 0.05) is 5.92 Å². The van der Waals surface area contributed by atoms with E-state index < -0.39 is 0 Å². The summed E-state index contributed by atoms with van der Waals surface area (Å²) < 4.78 is 7.51. The number of hydrogen-bond acceptors (Lipinski definition) is 3. The Morgan fingerprint density at radius 1 is 1.37 bits per heavy atom. The standard InChI is InChI=1S/C14H16ClN3O/c1-9-3-6-12(19-2)11(7-9)18-13(8-15)16-17-14(18)10-4-5-10/h3,6-7,10H,4-5,8H2,1-2H3. The molecule has 1 aromatic heterocycles. The van der Waals surface area contributed by atoms with Crippen molar-refractivity contribution in [3.05, 3.63) is 35.4 Å². The highest BCUT2D eigenvalue weighted by Crippen LogP contribution is 2.41. The zero-order valence-corrected chi connectivity index (χ0v) is 11.8.